The average Bonchev–Trinajstić information content (AvgIpc) is 3.21. The van der Waals surface area contributed by atoms with E-state index in [2.05, 4.69) is 5.32 Å². The van der Waals surface area contributed by atoms with Gasteiger partial charge < -0.3 is 19.9 Å². The van der Waals surface area contributed by atoms with E-state index in [0.29, 0.717) is 30.9 Å². The second kappa shape index (κ2) is 6.05. The third-order valence-corrected chi connectivity index (χ3v) is 5.40. The Bertz CT molecular complexity index is 882. The number of anilines is 2. The minimum atomic E-state index is -0.635. The third-order valence-electron chi connectivity index (χ3n) is 5.40. The molecule has 1 atom stereocenters. The first kappa shape index (κ1) is 16.4. The molecule has 6 heteroatoms. The number of hydrogen-bond acceptors (Lipinski definition) is 3. The van der Waals surface area contributed by atoms with E-state index in [1.807, 2.05) is 36.4 Å². The molecule has 1 saturated heterocycles. The standard InChI is InChI=1S/C20H21N3O3/c1-22-16-9-5-3-7-14(16)20(18(22)24)11-12-23(13-20)19(25)21-15-8-4-6-10-17(15)26-2/h3-10H,11-13H2,1-2H3,(H,21,25)/t20-/m1/s1. The van der Waals surface area contributed by atoms with E-state index >= 15 is 0 Å². The highest BCUT2D eigenvalue weighted by Gasteiger charge is 2.54. The van der Waals surface area contributed by atoms with Gasteiger partial charge in [-0.2, -0.15) is 0 Å². The Kier molecular flexibility index (Phi) is 3.83. The molecular weight excluding hydrogens is 330 g/mol. The van der Waals surface area contributed by atoms with Crippen LogP contribution in [0.25, 0.3) is 0 Å². The molecule has 0 unspecified atom stereocenters. The van der Waals surface area contributed by atoms with Gasteiger partial charge in [0, 0.05) is 25.8 Å². The molecule has 1 N–H and O–H groups in total. The fourth-order valence-electron chi connectivity index (χ4n) is 4.04. The number of ether oxygens (including phenoxy) is 1. The molecule has 2 aliphatic rings. The zero-order chi connectivity index (χ0) is 18.3. The lowest BCUT2D eigenvalue weighted by atomic mass is 9.81. The molecule has 2 aliphatic heterocycles. The summed E-state index contributed by atoms with van der Waals surface area (Å²) in [6.07, 6.45) is 0.631. The maximum absolute atomic E-state index is 13.0. The van der Waals surface area contributed by atoms with Crippen molar-refractivity contribution in [3.05, 3.63) is 54.1 Å². The van der Waals surface area contributed by atoms with Crippen LogP contribution in [0.3, 0.4) is 0 Å². The van der Waals surface area contributed by atoms with Crippen molar-refractivity contribution >= 4 is 23.3 Å². The van der Waals surface area contributed by atoms with Gasteiger partial charge in [0.25, 0.3) is 0 Å². The van der Waals surface area contributed by atoms with E-state index in [0.717, 1.165) is 11.3 Å². The molecule has 2 aromatic carbocycles. The fraction of sp³-hybridized carbons (Fsp3) is 0.300. The molecule has 2 heterocycles. The maximum Gasteiger partial charge on any atom is 0.321 e. The molecule has 3 amide bonds. The number of nitrogens with one attached hydrogen (secondary N) is 1. The highest BCUT2D eigenvalue weighted by atomic mass is 16.5. The highest BCUT2D eigenvalue weighted by molar-refractivity contribution is 6.08. The van der Waals surface area contributed by atoms with Crippen LogP contribution in [0.2, 0.25) is 0 Å². The van der Waals surface area contributed by atoms with Gasteiger partial charge in [-0.05, 0) is 30.2 Å². The van der Waals surface area contributed by atoms with E-state index < -0.39 is 5.41 Å². The number of likely N-dealkylation sites (N-methyl/N-ethyl adjacent to an activating group) is 1. The molecule has 4 rings (SSSR count). The number of methoxy groups -OCH3 is 1. The van der Waals surface area contributed by atoms with Crippen molar-refractivity contribution < 1.29 is 14.3 Å². The number of hydrogen-bond donors (Lipinski definition) is 1. The number of urea groups is 1. The van der Waals surface area contributed by atoms with E-state index in [1.54, 1.807) is 36.1 Å². The molecule has 0 saturated carbocycles. The Morgan fingerprint density at radius 1 is 1.15 bits per heavy atom. The van der Waals surface area contributed by atoms with Gasteiger partial charge in [-0.3, -0.25) is 4.79 Å². The molecule has 0 radical (unpaired) electrons. The number of carbonyl (C=O) groups excluding carboxylic acids is 2. The van der Waals surface area contributed by atoms with Crippen LogP contribution in [-0.2, 0) is 10.2 Å². The number of fused-ring (bicyclic) bond motifs is 2. The molecule has 134 valence electrons. The Morgan fingerprint density at radius 3 is 2.69 bits per heavy atom. The summed E-state index contributed by atoms with van der Waals surface area (Å²) in [6, 6.07) is 14.9. The monoisotopic (exact) mass is 351 g/mol. The number of nitrogens with zero attached hydrogens (tertiary/aromatic N) is 2. The number of rotatable bonds is 2. The lowest BCUT2D eigenvalue weighted by molar-refractivity contribution is -0.122. The lowest BCUT2D eigenvalue weighted by Crippen LogP contribution is -2.42. The van der Waals surface area contributed by atoms with Gasteiger partial charge in [0.1, 0.15) is 5.75 Å². The van der Waals surface area contributed by atoms with Gasteiger partial charge in [-0.15, -0.1) is 0 Å². The van der Waals surface area contributed by atoms with Crippen LogP contribution >= 0.6 is 0 Å². The van der Waals surface area contributed by atoms with Crippen molar-refractivity contribution in [2.24, 2.45) is 0 Å². The maximum atomic E-state index is 13.0. The average molecular weight is 351 g/mol. The molecule has 0 bridgehead atoms. The van der Waals surface area contributed by atoms with Gasteiger partial charge in [-0.1, -0.05) is 30.3 Å². The van der Waals surface area contributed by atoms with Gasteiger partial charge in [0.05, 0.1) is 18.2 Å². The predicted molar refractivity (Wildman–Crippen MR) is 99.7 cm³/mol. The predicted octanol–water partition coefficient (Wildman–Crippen LogP) is 2.85. The quantitative estimate of drug-likeness (QED) is 0.905. The largest absolute Gasteiger partial charge is 0.495 e. The summed E-state index contributed by atoms with van der Waals surface area (Å²) in [4.78, 5) is 29.1. The molecule has 2 aromatic rings. The summed E-state index contributed by atoms with van der Waals surface area (Å²) < 4.78 is 5.29. The number of carbonyl (C=O) groups is 2. The SMILES string of the molecule is COc1ccccc1NC(=O)N1CC[C@]2(C1)C(=O)N(C)c1ccccc12. The van der Waals surface area contributed by atoms with Crippen LogP contribution in [0.1, 0.15) is 12.0 Å². The van der Waals surface area contributed by atoms with E-state index in [1.165, 1.54) is 0 Å². The van der Waals surface area contributed by atoms with Crippen LogP contribution in [0.5, 0.6) is 5.75 Å². The molecule has 1 fully saturated rings. The zero-order valence-electron chi connectivity index (χ0n) is 14.9. The normalized spacial score (nSPS) is 21.2. The first-order chi connectivity index (χ1) is 12.6. The van der Waals surface area contributed by atoms with Crippen molar-refractivity contribution in [3.8, 4) is 5.75 Å². The van der Waals surface area contributed by atoms with Crippen molar-refractivity contribution in [1.82, 2.24) is 4.90 Å². The van der Waals surface area contributed by atoms with Crippen molar-refractivity contribution in [3.63, 3.8) is 0 Å². The van der Waals surface area contributed by atoms with E-state index in [4.69, 9.17) is 4.74 Å². The Balaban J connectivity index is 1.57. The number of amides is 3. The molecule has 1 spiro atoms. The first-order valence-electron chi connectivity index (χ1n) is 8.63. The second-order valence-electron chi connectivity index (χ2n) is 6.77. The topological polar surface area (TPSA) is 61.9 Å². The van der Waals surface area contributed by atoms with Gasteiger partial charge in [0.2, 0.25) is 5.91 Å². The third kappa shape index (κ3) is 2.33. The molecular formula is C20H21N3O3. The van der Waals surface area contributed by atoms with Crippen LogP contribution in [0.4, 0.5) is 16.2 Å². The molecule has 0 aliphatic carbocycles. The summed E-state index contributed by atoms with van der Waals surface area (Å²) >= 11 is 0. The van der Waals surface area contributed by atoms with Gasteiger partial charge in [-0.25, -0.2) is 4.79 Å². The molecule has 26 heavy (non-hydrogen) atoms. The van der Waals surface area contributed by atoms with Gasteiger partial charge in [0.15, 0.2) is 0 Å². The van der Waals surface area contributed by atoms with Crippen molar-refractivity contribution in [2.45, 2.75) is 11.8 Å². The number of para-hydroxylation sites is 3. The highest BCUT2D eigenvalue weighted by Crippen LogP contribution is 2.46. The summed E-state index contributed by atoms with van der Waals surface area (Å²) in [5, 5.41) is 2.90. The second-order valence-corrected chi connectivity index (χ2v) is 6.77. The smallest absolute Gasteiger partial charge is 0.321 e. The number of likely N-dealkylation sites (tertiary alicyclic amines) is 1. The zero-order valence-corrected chi connectivity index (χ0v) is 14.9. The molecule has 6 nitrogen and oxygen atoms in total. The fourth-order valence-corrected chi connectivity index (χ4v) is 4.04. The van der Waals surface area contributed by atoms with E-state index in [9.17, 15) is 9.59 Å². The summed E-state index contributed by atoms with van der Waals surface area (Å²) in [7, 11) is 3.37. The van der Waals surface area contributed by atoms with E-state index in [-0.39, 0.29) is 11.9 Å². The Hall–Kier alpha value is -3.02. The van der Waals surface area contributed by atoms with Crippen molar-refractivity contribution in [2.75, 3.05) is 37.5 Å². The van der Waals surface area contributed by atoms with Crippen LogP contribution < -0.4 is 15.0 Å². The van der Waals surface area contributed by atoms with Crippen molar-refractivity contribution in [1.29, 1.82) is 0 Å². The minimum Gasteiger partial charge on any atom is -0.495 e. The summed E-state index contributed by atoms with van der Waals surface area (Å²) in [5.74, 6) is 0.670. The Labute approximate surface area is 152 Å². The first-order valence-corrected chi connectivity index (χ1v) is 8.63. The van der Waals surface area contributed by atoms with Crippen LogP contribution in [0.15, 0.2) is 48.5 Å². The molecule has 0 aromatic heterocycles. The summed E-state index contributed by atoms with van der Waals surface area (Å²) in [6.45, 7) is 0.920. The van der Waals surface area contributed by atoms with Crippen LogP contribution in [0, 0.1) is 0 Å². The van der Waals surface area contributed by atoms with Gasteiger partial charge >= 0.3 is 6.03 Å². The lowest BCUT2D eigenvalue weighted by Gasteiger charge is -2.24. The van der Waals surface area contributed by atoms with Crippen LogP contribution in [-0.4, -0.2) is 44.1 Å². The Morgan fingerprint density at radius 2 is 1.88 bits per heavy atom. The number of benzene rings is 2. The summed E-state index contributed by atoms with van der Waals surface area (Å²) in [5.41, 5.74) is 1.93. The minimum absolute atomic E-state index is 0.0614.